The van der Waals surface area contributed by atoms with E-state index in [1.54, 1.807) is 7.05 Å². The summed E-state index contributed by atoms with van der Waals surface area (Å²) in [5.41, 5.74) is -2.06. The largest absolute Gasteiger partial charge is 0.465 e. The molecule has 0 saturated carbocycles. The van der Waals surface area contributed by atoms with E-state index in [4.69, 9.17) is 0 Å². The Morgan fingerprint density at radius 1 is 1.36 bits per heavy atom. The molecule has 1 N–H and O–H groups in total. The van der Waals surface area contributed by atoms with Gasteiger partial charge in [-0.15, -0.1) is 12.4 Å². The third kappa shape index (κ3) is 4.43. The third-order valence-corrected chi connectivity index (χ3v) is 5.76. The summed E-state index contributed by atoms with van der Waals surface area (Å²) in [6.07, 6.45) is -4.31. The van der Waals surface area contributed by atoms with Crippen molar-refractivity contribution in [3.05, 3.63) is 29.3 Å². The van der Waals surface area contributed by atoms with Crippen LogP contribution in [-0.2, 0) is 20.9 Å². The van der Waals surface area contributed by atoms with Crippen LogP contribution in [-0.4, -0.2) is 52.0 Å². The number of carbonyl (C=O) groups excluding carboxylic acids is 1. The van der Waals surface area contributed by atoms with E-state index in [0.29, 0.717) is 12.5 Å². The lowest BCUT2D eigenvalue weighted by molar-refractivity contribution is -0.138. The standard InChI is InChI=1S/C14H17F3N2O4S.ClH/c1-18-9-5-6-19(8-9)24(21,22)10-3-4-11(13(20)23-2)12(7-10)14(15,16)17;/h3-4,7,9,18H,5-6,8H2,1-2H3;1H. The predicted octanol–water partition coefficient (Wildman–Crippen LogP) is 1.90. The zero-order valence-corrected chi connectivity index (χ0v) is 15.1. The Bertz CT molecular complexity index is 740. The third-order valence-electron chi connectivity index (χ3n) is 3.90. The highest BCUT2D eigenvalue weighted by molar-refractivity contribution is 7.89. The van der Waals surface area contributed by atoms with Gasteiger partial charge in [-0.25, -0.2) is 13.2 Å². The van der Waals surface area contributed by atoms with Crippen molar-refractivity contribution in [2.75, 3.05) is 27.2 Å². The molecule has 1 aliphatic rings. The quantitative estimate of drug-likeness (QED) is 0.778. The van der Waals surface area contributed by atoms with E-state index < -0.39 is 38.2 Å². The molecule has 0 radical (unpaired) electrons. The van der Waals surface area contributed by atoms with Gasteiger partial charge < -0.3 is 10.1 Å². The van der Waals surface area contributed by atoms with Crippen LogP contribution in [0.2, 0.25) is 0 Å². The van der Waals surface area contributed by atoms with Gasteiger partial charge in [-0.05, 0) is 31.7 Å². The fourth-order valence-corrected chi connectivity index (χ4v) is 4.06. The zero-order valence-electron chi connectivity index (χ0n) is 13.5. The number of sulfonamides is 1. The summed E-state index contributed by atoms with van der Waals surface area (Å²) < 4.78 is 70.1. The topological polar surface area (TPSA) is 75.7 Å². The molecule has 1 aliphatic heterocycles. The van der Waals surface area contributed by atoms with E-state index in [1.165, 1.54) is 0 Å². The molecule has 11 heteroatoms. The lowest BCUT2D eigenvalue weighted by Gasteiger charge is -2.18. The molecule has 0 aliphatic carbocycles. The number of hydrogen-bond acceptors (Lipinski definition) is 5. The summed E-state index contributed by atoms with van der Waals surface area (Å²) in [7, 11) is -1.43. The fourth-order valence-electron chi connectivity index (χ4n) is 2.54. The van der Waals surface area contributed by atoms with Crippen molar-refractivity contribution in [2.45, 2.75) is 23.5 Å². The SMILES string of the molecule is CNC1CCN(S(=O)(=O)c2ccc(C(=O)OC)c(C(F)(F)F)c2)C1.Cl. The second-order valence-electron chi connectivity index (χ2n) is 5.33. The number of likely N-dealkylation sites (N-methyl/N-ethyl adjacent to an activating group) is 1. The summed E-state index contributed by atoms with van der Waals surface area (Å²) in [6.45, 7) is 0.396. The van der Waals surface area contributed by atoms with E-state index in [0.717, 1.165) is 23.5 Å². The predicted molar refractivity (Wildman–Crippen MR) is 86.3 cm³/mol. The Morgan fingerprint density at radius 3 is 2.48 bits per heavy atom. The van der Waals surface area contributed by atoms with Crippen LogP contribution >= 0.6 is 12.4 Å². The first kappa shape index (κ1) is 21.7. The number of nitrogens with zero attached hydrogens (tertiary/aromatic N) is 1. The maximum Gasteiger partial charge on any atom is 0.417 e. The van der Waals surface area contributed by atoms with Gasteiger partial charge in [0, 0.05) is 19.1 Å². The molecule has 0 spiro atoms. The molecule has 1 unspecified atom stereocenters. The van der Waals surface area contributed by atoms with Crippen LogP contribution in [0.25, 0.3) is 0 Å². The first-order valence-corrected chi connectivity index (χ1v) is 8.52. The molecule has 1 aromatic rings. The highest BCUT2D eigenvalue weighted by Crippen LogP contribution is 2.35. The van der Waals surface area contributed by atoms with Gasteiger partial charge in [0.25, 0.3) is 0 Å². The van der Waals surface area contributed by atoms with Gasteiger partial charge in [0.1, 0.15) is 0 Å². The molecule has 1 atom stereocenters. The minimum absolute atomic E-state index is 0. The van der Waals surface area contributed by atoms with E-state index in [2.05, 4.69) is 10.1 Å². The van der Waals surface area contributed by atoms with E-state index >= 15 is 0 Å². The second-order valence-corrected chi connectivity index (χ2v) is 7.27. The number of rotatable bonds is 4. The molecular weight excluding hydrogens is 385 g/mol. The molecule has 1 heterocycles. The summed E-state index contributed by atoms with van der Waals surface area (Å²) in [5.74, 6) is -1.18. The van der Waals surface area contributed by atoms with Crippen molar-refractivity contribution in [1.82, 2.24) is 9.62 Å². The first-order chi connectivity index (χ1) is 11.1. The van der Waals surface area contributed by atoms with Crippen LogP contribution in [0, 0.1) is 0 Å². The number of methoxy groups -OCH3 is 1. The molecule has 1 saturated heterocycles. The molecule has 1 fully saturated rings. The lowest BCUT2D eigenvalue weighted by atomic mass is 10.1. The van der Waals surface area contributed by atoms with Gasteiger partial charge in [0.2, 0.25) is 10.0 Å². The van der Waals surface area contributed by atoms with Gasteiger partial charge in [0.05, 0.1) is 23.1 Å². The van der Waals surface area contributed by atoms with Crippen molar-refractivity contribution < 1.29 is 31.1 Å². The number of benzene rings is 1. The Morgan fingerprint density at radius 2 is 2.00 bits per heavy atom. The van der Waals surface area contributed by atoms with E-state index in [1.807, 2.05) is 0 Å². The molecule has 25 heavy (non-hydrogen) atoms. The number of halogens is 4. The van der Waals surface area contributed by atoms with Crippen LogP contribution in [0.1, 0.15) is 22.3 Å². The molecule has 0 amide bonds. The number of carbonyl (C=O) groups is 1. The highest BCUT2D eigenvalue weighted by Gasteiger charge is 2.38. The minimum Gasteiger partial charge on any atom is -0.465 e. The smallest absolute Gasteiger partial charge is 0.417 e. The number of esters is 1. The highest BCUT2D eigenvalue weighted by atomic mass is 35.5. The Hall–Kier alpha value is -1.36. The first-order valence-electron chi connectivity index (χ1n) is 7.08. The van der Waals surface area contributed by atoms with Crippen LogP contribution in [0.4, 0.5) is 13.2 Å². The van der Waals surface area contributed by atoms with Gasteiger partial charge in [-0.1, -0.05) is 0 Å². The van der Waals surface area contributed by atoms with Crippen molar-refractivity contribution in [2.24, 2.45) is 0 Å². The Labute approximate surface area is 149 Å². The Balaban J connectivity index is 0.00000312. The maximum atomic E-state index is 13.2. The molecular formula is C14H18ClF3N2O4S. The number of hydrogen-bond donors (Lipinski definition) is 1. The molecule has 0 aromatic heterocycles. The van der Waals surface area contributed by atoms with Crippen LogP contribution in [0.5, 0.6) is 0 Å². The molecule has 6 nitrogen and oxygen atoms in total. The zero-order chi connectivity index (χ0) is 18.1. The number of alkyl halides is 3. The van der Waals surface area contributed by atoms with Gasteiger partial charge in [-0.2, -0.15) is 17.5 Å². The summed E-state index contributed by atoms with van der Waals surface area (Å²) in [5, 5.41) is 2.94. The summed E-state index contributed by atoms with van der Waals surface area (Å²) in [6, 6.07) is 2.25. The molecule has 2 rings (SSSR count). The number of ether oxygens (including phenoxy) is 1. The lowest BCUT2D eigenvalue weighted by Crippen LogP contribution is -2.33. The van der Waals surface area contributed by atoms with Crippen molar-refractivity contribution in [3.63, 3.8) is 0 Å². The maximum absolute atomic E-state index is 13.2. The van der Waals surface area contributed by atoms with Crippen LogP contribution in [0.3, 0.4) is 0 Å². The average molecular weight is 403 g/mol. The minimum atomic E-state index is -4.88. The van der Waals surface area contributed by atoms with Crippen molar-refractivity contribution in [3.8, 4) is 0 Å². The molecule has 142 valence electrons. The summed E-state index contributed by atoms with van der Waals surface area (Å²) >= 11 is 0. The normalized spacial score (nSPS) is 18.7. The van der Waals surface area contributed by atoms with Gasteiger partial charge in [-0.3, -0.25) is 0 Å². The average Bonchev–Trinajstić information content (AvgIpc) is 3.02. The van der Waals surface area contributed by atoms with Gasteiger partial charge >= 0.3 is 12.1 Å². The fraction of sp³-hybridized carbons (Fsp3) is 0.500. The molecule has 1 aromatic carbocycles. The second kappa shape index (κ2) is 7.90. The molecule has 0 bridgehead atoms. The van der Waals surface area contributed by atoms with Crippen LogP contribution < -0.4 is 5.32 Å². The Kier molecular flexibility index (Phi) is 6.85. The van der Waals surface area contributed by atoms with E-state index in [9.17, 15) is 26.4 Å². The van der Waals surface area contributed by atoms with Crippen molar-refractivity contribution in [1.29, 1.82) is 0 Å². The van der Waals surface area contributed by atoms with E-state index in [-0.39, 0.29) is 31.5 Å². The number of nitrogens with one attached hydrogen (secondary N) is 1. The monoisotopic (exact) mass is 402 g/mol. The van der Waals surface area contributed by atoms with Gasteiger partial charge in [0.15, 0.2) is 0 Å². The summed E-state index contributed by atoms with van der Waals surface area (Å²) in [4.78, 5) is 11.0. The van der Waals surface area contributed by atoms with Crippen LogP contribution in [0.15, 0.2) is 23.1 Å². The van der Waals surface area contributed by atoms with Crippen molar-refractivity contribution >= 4 is 28.4 Å².